The minimum atomic E-state index is -0.283. The summed E-state index contributed by atoms with van der Waals surface area (Å²) in [6.45, 7) is 0.601. The minimum absolute atomic E-state index is 0.0444. The third-order valence-electron chi connectivity index (χ3n) is 4.27. The molecule has 3 aromatic rings. The van der Waals surface area contributed by atoms with Gasteiger partial charge in [-0.3, -0.25) is 0 Å². The Morgan fingerprint density at radius 2 is 2.00 bits per heavy atom. The van der Waals surface area contributed by atoms with E-state index in [0.29, 0.717) is 18.4 Å². The fourth-order valence-electron chi connectivity index (χ4n) is 3.02. The van der Waals surface area contributed by atoms with Crippen LogP contribution in [0.3, 0.4) is 0 Å². The van der Waals surface area contributed by atoms with Gasteiger partial charge < -0.3 is 14.2 Å². The molecule has 130 valence electrons. The molecule has 1 aromatic carbocycles. The zero-order valence-corrected chi connectivity index (χ0v) is 14.0. The fourth-order valence-corrected chi connectivity index (χ4v) is 3.02. The van der Waals surface area contributed by atoms with Crippen LogP contribution in [-0.4, -0.2) is 40.6 Å². The number of anilines is 1. The van der Waals surface area contributed by atoms with Crippen LogP contribution in [-0.2, 0) is 4.74 Å². The lowest BCUT2D eigenvalue weighted by Gasteiger charge is -2.17. The van der Waals surface area contributed by atoms with Gasteiger partial charge in [0.1, 0.15) is 11.9 Å². The highest BCUT2D eigenvalue weighted by Gasteiger charge is 2.37. The summed E-state index contributed by atoms with van der Waals surface area (Å²) in [5, 5.41) is 8.35. The minimum Gasteiger partial charge on any atom is -0.371 e. The number of nitrogens with zero attached hydrogens (tertiary/aromatic N) is 5. The van der Waals surface area contributed by atoms with Crippen LogP contribution in [0.15, 0.2) is 41.1 Å². The summed E-state index contributed by atoms with van der Waals surface area (Å²) in [5.41, 5.74) is 1.65. The standard InChI is InChI=1S/C17H18FN5O2/c1-22(2)17-20-16(25-21-17)13-8-10-24-15(13)14-7-9-19-23(14)12-5-3-11(18)4-6-12/h3-7,9,13,15H,8,10H2,1-2H3/t13-,15-/m0/s1. The highest BCUT2D eigenvalue weighted by atomic mass is 19.1. The second kappa shape index (κ2) is 6.29. The third-order valence-corrected chi connectivity index (χ3v) is 4.27. The van der Waals surface area contributed by atoms with Crippen LogP contribution >= 0.6 is 0 Å². The molecule has 0 saturated carbocycles. The molecular weight excluding hydrogens is 325 g/mol. The molecule has 2 atom stereocenters. The van der Waals surface area contributed by atoms with Gasteiger partial charge in [0.2, 0.25) is 5.89 Å². The smallest absolute Gasteiger partial charge is 0.265 e. The third kappa shape index (κ3) is 2.89. The molecule has 25 heavy (non-hydrogen) atoms. The van der Waals surface area contributed by atoms with Gasteiger partial charge in [0.15, 0.2) is 0 Å². The maximum Gasteiger partial charge on any atom is 0.265 e. The van der Waals surface area contributed by atoms with E-state index in [4.69, 9.17) is 9.26 Å². The van der Waals surface area contributed by atoms with Crippen molar-refractivity contribution >= 4 is 5.95 Å². The number of hydrogen-bond donors (Lipinski definition) is 0. The molecule has 2 aromatic heterocycles. The molecule has 1 aliphatic rings. The van der Waals surface area contributed by atoms with Crippen molar-refractivity contribution in [3.63, 3.8) is 0 Å². The summed E-state index contributed by atoms with van der Waals surface area (Å²) in [6, 6.07) is 8.10. The summed E-state index contributed by atoms with van der Waals surface area (Å²) in [7, 11) is 3.72. The Kier molecular flexibility index (Phi) is 3.96. The normalized spacial score (nSPS) is 20.1. The molecule has 1 fully saturated rings. The van der Waals surface area contributed by atoms with Crippen molar-refractivity contribution in [2.24, 2.45) is 0 Å². The molecule has 0 spiro atoms. The average Bonchev–Trinajstić information content (AvgIpc) is 3.34. The van der Waals surface area contributed by atoms with Crippen molar-refractivity contribution in [2.45, 2.75) is 18.4 Å². The molecule has 4 rings (SSSR count). The van der Waals surface area contributed by atoms with Gasteiger partial charge in [-0.05, 0) is 41.9 Å². The van der Waals surface area contributed by atoms with E-state index >= 15 is 0 Å². The quantitative estimate of drug-likeness (QED) is 0.725. The van der Waals surface area contributed by atoms with Crippen LogP contribution in [0.25, 0.3) is 5.69 Å². The number of halogens is 1. The summed E-state index contributed by atoms with van der Waals surface area (Å²) in [6.07, 6.45) is 2.24. The number of ether oxygens (including phenoxy) is 1. The number of hydrogen-bond acceptors (Lipinski definition) is 6. The van der Waals surface area contributed by atoms with E-state index in [-0.39, 0.29) is 17.8 Å². The largest absolute Gasteiger partial charge is 0.371 e. The van der Waals surface area contributed by atoms with Gasteiger partial charge in [0, 0.05) is 26.9 Å². The Morgan fingerprint density at radius 3 is 2.72 bits per heavy atom. The molecule has 0 bridgehead atoms. The predicted octanol–water partition coefficient (Wildman–Crippen LogP) is 2.71. The van der Waals surface area contributed by atoms with Gasteiger partial charge in [-0.2, -0.15) is 10.1 Å². The van der Waals surface area contributed by atoms with Crippen LogP contribution in [0, 0.1) is 5.82 Å². The Morgan fingerprint density at radius 1 is 1.20 bits per heavy atom. The molecule has 3 heterocycles. The van der Waals surface area contributed by atoms with Crippen LogP contribution in [0.1, 0.15) is 30.0 Å². The monoisotopic (exact) mass is 343 g/mol. The van der Waals surface area contributed by atoms with Crippen LogP contribution < -0.4 is 4.90 Å². The van der Waals surface area contributed by atoms with E-state index < -0.39 is 0 Å². The van der Waals surface area contributed by atoms with Crippen molar-refractivity contribution in [2.75, 3.05) is 25.6 Å². The molecule has 0 amide bonds. The number of aromatic nitrogens is 4. The zero-order chi connectivity index (χ0) is 17.4. The Balaban J connectivity index is 1.67. The first kappa shape index (κ1) is 15.8. The molecule has 8 heteroatoms. The van der Waals surface area contributed by atoms with Crippen LogP contribution in [0.4, 0.5) is 10.3 Å². The molecule has 1 aliphatic heterocycles. The van der Waals surface area contributed by atoms with E-state index in [2.05, 4.69) is 15.2 Å². The molecule has 0 radical (unpaired) electrons. The van der Waals surface area contributed by atoms with Crippen molar-refractivity contribution in [1.82, 2.24) is 19.9 Å². The lowest BCUT2D eigenvalue weighted by Crippen LogP contribution is -2.13. The molecule has 0 N–H and O–H groups in total. The van der Waals surface area contributed by atoms with Gasteiger partial charge in [-0.25, -0.2) is 9.07 Å². The first-order valence-electron chi connectivity index (χ1n) is 8.06. The highest BCUT2D eigenvalue weighted by molar-refractivity contribution is 5.34. The predicted molar refractivity (Wildman–Crippen MR) is 88.2 cm³/mol. The maximum absolute atomic E-state index is 13.2. The molecule has 7 nitrogen and oxygen atoms in total. The average molecular weight is 343 g/mol. The summed E-state index contributed by atoms with van der Waals surface area (Å²) in [5.74, 6) is 0.761. The first-order valence-corrected chi connectivity index (χ1v) is 8.06. The van der Waals surface area contributed by atoms with E-state index in [1.807, 2.05) is 20.2 Å². The number of rotatable bonds is 4. The Bertz CT molecular complexity index is 858. The van der Waals surface area contributed by atoms with Crippen LogP contribution in [0.2, 0.25) is 0 Å². The highest BCUT2D eigenvalue weighted by Crippen LogP contribution is 2.41. The summed E-state index contributed by atoms with van der Waals surface area (Å²) < 4.78 is 26.3. The van der Waals surface area contributed by atoms with Gasteiger partial charge in [0.05, 0.1) is 17.3 Å². The maximum atomic E-state index is 13.2. The van der Waals surface area contributed by atoms with Gasteiger partial charge in [-0.1, -0.05) is 0 Å². The van der Waals surface area contributed by atoms with E-state index in [9.17, 15) is 4.39 Å². The zero-order valence-electron chi connectivity index (χ0n) is 14.0. The summed E-state index contributed by atoms with van der Waals surface area (Å²) in [4.78, 5) is 6.25. The van der Waals surface area contributed by atoms with Crippen molar-refractivity contribution in [1.29, 1.82) is 0 Å². The fraction of sp³-hybridized carbons (Fsp3) is 0.353. The lowest BCUT2D eigenvalue weighted by molar-refractivity contribution is 0.0933. The molecule has 0 aliphatic carbocycles. The molecule has 1 saturated heterocycles. The lowest BCUT2D eigenvalue weighted by atomic mass is 9.99. The second-order valence-corrected chi connectivity index (χ2v) is 6.16. The first-order chi connectivity index (χ1) is 12.1. The van der Waals surface area contributed by atoms with E-state index in [1.54, 1.807) is 27.9 Å². The van der Waals surface area contributed by atoms with E-state index in [1.165, 1.54) is 12.1 Å². The summed E-state index contributed by atoms with van der Waals surface area (Å²) >= 11 is 0. The Labute approximate surface area is 144 Å². The van der Waals surface area contributed by atoms with Crippen molar-refractivity contribution in [3.05, 3.63) is 53.9 Å². The molecule has 0 unspecified atom stereocenters. The number of benzene rings is 1. The SMILES string of the molecule is CN(C)c1noc([C@H]2CCO[C@@H]2c2ccnn2-c2ccc(F)cc2)n1. The van der Waals surface area contributed by atoms with E-state index in [0.717, 1.165) is 17.8 Å². The van der Waals surface area contributed by atoms with Crippen LogP contribution in [0.5, 0.6) is 0 Å². The van der Waals surface area contributed by atoms with Crippen molar-refractivity contribution < 1.29 is 13.7 Å². The van der Waals surface area contributed by atoms with Gasteiger partial charge in [0.25, 0.3) is 5.95 Å². The second-order valence-electron chi connectivity index (χ2n) is 6.16. The molecular formula is C17H18FN5O2. The Hall–Kier alpha value is -2.74. The van der Waals surface area contributed by atoms with Gasteiger partial charge >= 0.3 is 0 Å². The van der Waals surface area contributed by atoms with Crippen molar-refractivity contribution in [3.8, 4) is 5.69 Å². The van der Waals surface area contributed by atoms with Gasteiger partial charge in [-0.15, -0.1) is 0 Å². The topological polar surface area (TPSA) is 69.2 Å².